The van der Waals surface area contributed by atoms with Crippen LogP contribution in [0.25, 0.3) is 10.3 Å². The van der Waals surface area contributed by atoms with Crippen molar-refractivity contribution >= 4 is 56.2 Å². The molecular formula is C18H18N8O4S3. The molecule has 0 saturated carbocycles. The number of aryl methyl sites for hydroxylation is 1. The van der Waals surface area contributed by atoms with Crippen LogP contribution >= 0.6 is 24.0 Å². The molecule has 172 valence electrons. The third-order valence-corrected chi connectivity index (χ3v) is 6.60. The highest BCUT2D eigenvalue weighted by atomic mass is 32.2. The summed E-state index contributed by atoms with van der Waals surface area (Å²) < 4.78 is 28.3. The van der Waals surface area contributed by atoms with Crippen molar-refractivity contribution < 1.29 is 17.9 Å². The molecule has 1 amide bonds. The lowest BCUT2D eigenvalue weighted by Gasteiger charge is -2.24. The summed E-state index contributed by atoms with van der Waals surface area (Å²) in [7, 11) is -3.86. The number of carbonyl (C=O) groups excluding carboxylic acids is 1. The van der Waals surface area contributed by atoms with Crippen molar-refractivity contribution in [1.82, 2.24) is 30.6 Å². The number of rotatable bonds is 8. The first kappa shape index (κ1) is 23.0. The molecule has 0 radical (unpaired) electrons. The fourth-order valence-electron chi connectivity index (χ4n) is 2.89. The fourth-order valence-corrected chi connectivity index (χ4v) is 4.35. The lowest BCUT2D eigenvalue weighted by atomic mass is 10.2. The molecule has 15 heteroatoms. The van der Waals surface area contributed by atoms with Gasteiger partial charge in [-0.2, -0.15) is 17.8 Å². The SMILES string of the molecule is NS(=O)(=O)c1ccc(OC(=O)N(CC(S)CCc2nn[nH]n2)c2ccc3ncsc3n2)cc1. The Bertz CT molecular complexity index is 1340. The van der Waals surface area contributed by atoms with Gasteiger partial charge in [-0.25, -0.2) is 28.3 Å². The first-order chi connectivity index (χ1) is 15.8. The number of carbonyl (C=O) groups is 1. The first-order valence-electron chi connectivity index (χ1n) is 9.52. The van der Waals surface area contributed by atoms with Crippen LogP contribution in [0.5, 0.6) is 5.75 Å². The van der Waals surface area contributed by atoms with E-state index >= 15 is 0 Å². The minimum Gasteiger partial charge on any atom is -0.410 e. The number of sulfonamides is 1. The normalized spacial score (nSPS) is 12.5. The lowest BCUT2D eigenvalue weighted by Crippen LogP contribution is -2.38. The molecular weight excluding hydrogens is 488 g/mol. The first-order valence-corrected chi connectivity index (χ1v) is 12.5. The molecule has 0 spiro atoms. The van der Waals surface area contributed by atoms with Gasteiger partial charge in [0.1, 0.15) is 21.9 Å². The second-order valence-corrected chi connectivity index (χ2v) is 9.99. The summed E-state index contributed by atoms with van der Waals surface area (Å²) in [6.07, 6.45) is 0.385. The number of H-pyrrole nitrogens is 1. The molecule has 3 N–H and O–H groups in total. The molecule has 0 aliphatic heterocycles. The molecule has 1 atom stereocenters. The van der Waals surface area contributed by atoms with Crippen molar-refractivity contribution in [3.05, 3.63) is 47.7 Å². The smallest absolute Gasteiger partial charge is 0.410 e. The number of nitrogens with one attached hydrogen (secondary N) is 1. The third kappa shape index (κ3) is 5.81. The van der Waals surface area contributed by atoms with Crippen LogP contribution in [0.3, 0.4) is 0 Å². The maximum Gasteiger partial charge on any atom is 0.420 e. The second-order valence-electron chi connectivity index (χ2n) is 6.86. The van der Waals surface area contributed by atoms with E-state index in [1.54, 1.807) is 17.6 Å². The van der Waals surface area contributed by atoms with Gasteiger partial charge in [0.05, 0.1) is 10.4 Å². The van der Waals surface area contributed by atoms with E-state index in [1.807, 2.05) is 0 Å². The summed E-state index contributed by atoms with van der Waals surface area (Å²) in [6, 6.07) is 8.66. The van der Waals surface area contributed by atoms with E-state index in [9.17, 15) is 13.2 Å². The lowest BCUT2D eigenvalue weighted by molar-refractivity contribution is 0.207. The predicted molar refractivity (Wildman–Crippen MR) is 124 cm³/mol. The van der Waals surface area contributed by atoms with Gasteiger partial charge in [0.15, 0.2) is 5.82 Å². The Kier molecular flexibility index (Phi) is 6.83. The van der Waals surface area contributed by atoms with Crippen molar-refractivity contribution in [2.45, 2.75) is 23.0 Å². The molecule has 12 nitrogen and oxygen atoms in total. The monoisotopic (exact) mass is 506 g/mol. The van der Waals surface area contributed by atoms with Gasteiger partial charge in [-0.1, -0.05) is 5.21 Å². The highest BCUT2D eigenvalue weighted by molar-refractivity contribution is 7.89. The zero-order chi connectivity index (χ0) is 23.4. The summed E-state index contributed by atoms with van der Waals surface area (Å²) in [6.45, 7) is 0.187. The maximum atomic E-state index is 13.1. The summed E-state index contributed by atoms with van der Waals surface area (Å²) in [5, 5.41) is 18.6. The summed E-state index contributed by atoms with van der Waals surface area (Å²) in [4.78, 5) is 23.7. The molecule has 1 unspecified atom stereocenters. The number of thiazole rings is 1. The van der Waals surface area contributed by atoms with Crippen LogP contribution in [-0.4, -0.2) is 56.9 Å². The van der Waals surface area contributed by atoms with Gasteiger partial charge in [-0.05, 0) is 42.8 Å². The van der Waals surface area contributed by atoms with Gasteiger partial charge in [0.25, 0.3) is 0 Å². The predicted octanol–water partition coefficient (Wildman–Crippen LogP) is 1.79. The average molecular weight is 507 g/mol. The van der Waals surface area contributed by atoms with Crippen LogP contribution in [0.4, 0.5) is 10.6 Å². The van der Waals surface area contributed by atoms with Crippen LogP contribution < -0.4 is 14.8 Å². The standard InChI is InChI=1S/C18H18N8O4S3/c19-33(28,29)13-4-1-11(2-5-13)30-18(27)26(9-12(31)3-7-15-22-24-25-23-15)16-8-6-14-17(21-16)32-10-20-14/h1-2,4-6,8,10,12,31H,3,7,9H2,(H2,19,28,29)(H,22,23,24,25). The van der Waals surface area contributed by atoms with Crippen molar-refractivity contribution in [3.8, 4) is 5.75 Å². The number of pyridine rings is 1. The van der Waals surface area contributed by atoms with Crippen LogP contribution in [0.15, 0.2) is 46.8 Å². The average Bonchev–Trinajstić information content (AvgIpc) is 3.47. The molecule has 4 rings (SSSR count). The number of aromatic amines is 1. The Morgan fingerprint density at radius 1 is 1.24 bits per heavy atom. The zero-order valence-electron chi connectivity index (χ0n) is 16.9. The molecule has 1 aromatic carbocycles. The number of hydrogen-bond acceptors (Lipinski definition) is 11. The molecule has 33 heavy (non-hydrogen) atoms. The Morgan fingerprint density at radius 2 is 2.03 bits per heavy atom. The Morgan fingerprint density at radius 3 is 2.73 bits per heavy atom. The molecule has 0 aliphatic carbocycles. The molecule has 0 bridgehead atoms. The Hall–Kier alpha value is -3.14. The minimum absolute atomic E-state index is 0.0895. The number of ether oxygens (including phenoxy) is 1. The number of amides is 1. The number of thiol groups is 1. The number of nitrogens with two attached hydrogens (primary N) is 1. The molecule has 0 aliphatic rings. The van der Waals surface area contributed by atoms with Gasteiger partial charge in [0.2, 0.25) is 10.0 Å². The van der Waals surface area contributed by atoms with Gasteiger partial charge in [-0.15, -0.1) is 21.5 Å². The van der Waals surface area contributed by atoms with E-state index in [0.29, 0.717) is 29.3 Å². The Balaban J connectivity index is 1.53. The topological polar surface area (TPSA) is 170 Å². The van der Waals surface area contributed by atoms with E-state index in [4.69, 9.17) is 9.88 Å². The van der Waals surface area contributed by atoms with Gasteiger partial charge in [-0.3, -0.25) is 4.90 Å². The molecule has 3 aromatic heterocycles. The summed E-state index contributed by atoms with van der Waals surface area (Å²) >= 11 is 5.95. The molecule has 4 aromatic rings. The second kappa shape index (κ2) is 9.78. The van der Waals surface area contributed by atoms with E-state index in [-0.39, 0.29) is 22.4 Å². The largest absolute Gasteiger partial charge is 0.420 e. The van der Waals surface area contributed by atoms with E-state index < -0.39 is 16.1 Å². The van der Waals surface area contributed by atoms with Gasteiger partial charge >= 0.3 is 6.09 Å². The van der Waals surface area contributed by atoms with E-state index in [1.165, 1.54) is 40.5 Å². The van der Waals surface area contributed by atoms with Crippen molar-refractivity contribution in [1.29, 1.82) is 0 Å². The zero-order valence-corrected chi connectivity index (χ0v) is 19.4. The summed E-state index contributed by atoms with van der Waals surface area (Å²) in [5.74, 6) is 1.07. The molecule has 3 heterocycles. The fraction of sp³-hybridized carbons (Fsp3) is 0.222. The van der Waals surface area contributed by atoms with Gasteiger partial charge in [0, 0.05) is 18.2 Å². The molecule has 0 fully saturated rings. The molecule has 0 saturated heterocycles. The van der Waals surface area contributed by atoms with Crippen molar-refractivity contribution in [2.75, 3.05) is 11.4 Å². The minimum atomic E-state index is -3.86. The number of anilines is 1. The number of tetrazole rings is 1. The number of hydrogen-bond donors (Lipinski definition) is 3. The third-order valence-electron chi connectivity index (χ3n) is 4.52. The maximum absolute atomic E-state index is 13.1. The quantitative estimate of drug-likeness (QED) is 0.301. The summed E-state index contributed by atoms with van der Waals surface area (Å²) in [5.41, 5.74) is 2.39. The number of aromatic nitrogens is 6. The van der Waals surface area contributed by atoms with Gasteiger partial charge < -0.3 is 4.74 Å². The number of fused-ring (bicyclic) bond motifs is 1. The Labute approximate surface area is 197 Å². The van der Waals surface area contributed by atoms with E-state index in [0.717, 1.165) is 5.52 Å². The van der Waals surface area contributed by atoms with Crippen molar-refractivity contribution in [2.24, 2.45) is 5.14 Å². The number of benzene rings is 1. The highest BCUT2D eigenvalue weighted by Gasteiger charge is 2.23. The highest BCUT2D eigenvalue weighted by Crippen LogP contribution is 2.23. The van der Waals surface area contributed by atoms with Crippen LogP contribution in [0.1, 0.15) is 12.2 Å². The van der Waals surface area contributed by atoms with E-state index in [2.05, 4.69) is 43.2 Å². The van der Waals surface area contributed by atoms with Crippen molar-refractivity contribution in [3.63, 3.8) is 0 Å². The van der Waals surface area contributed by atoms with Crippen LogP contribution in [0.2, 0.25) is 0 Å². The number of primary sulfonamides is 1. The van der Waals surface area contributed by atoms with Crippen LogP contribution in [-0.2, 0) is 16.4 Å². The van der Waals surface area contributed by atoms with Crippen LogP contribution in [0, 0.1) is 0 Å². The number of nitrogens with zero attached hydrogens (tertiary/aromatic N) is 6.